The molecule has 3 rings (SSSR count). The molecule has 0 saturated heterocycles. The highest BCUT2D eigenvalue weighted by Gasteiger charge is 2.10. The topological polar surface area (TPSA) is 96.5 Å². The minimum Gasteiger partial charge on any atom is -0.465 e. The third kappa shape index (κ3) is 9.77. The molecule has 0 aromatic heterocycles. The SMILES string of the molecule is O=C(CCC(=O)OCCc1ccccc1)NC(=S)Nc1cccc(NC(=O)Cc2ccccc2)c1. The normalized spacial score (nSPS) is 10.2. The summed E-state index contributed by atoms with van der Waals surface area (Å²) in [4.78, 5) is 36.3. The summed E-state index contributed by atoms with van der Waals surface area (Å²) in [6.07, 6.45) is 0.813. The van der Waals surface area contributed by atoms with Crippen LogP contribution in [0, 0.1) is 0 Å². The van der Waals surface area contributed by atoms with E-state index in [-0.39, 0.29) is 36.9 Å². The molecule has 0 bridgehead atoms. The van der Waals surface area contributed by atoms with Crippen LogP contribution in [-0.2, 0) is 32.0 Å². The van der Waals surface area contributed by atoms with Gasteiger partial charge in [0.2, 0.25) is 11.8 Å². The summed E-state index contributed by atoms with van der Waals surface area (Å²) >= 11 is 5.19. The Morgan fingerprint density at radius 1 is 0.714 bits per heavy atom. The van der Waals surface area contributed by atoms with E-state index in [4.69, 9.17) is 17.0 Å². The van der Waals surface area contributed by atoms with Crippen molar-refractivity contribution >= 4 is 46.5 Å². The van der Waals surface area contributed by atoms with Crippen LogP contribution in [0.4, 0.5) is 11.4 Å². The predicted molar refractivity (Wildman–Crippen MR) is 140 cm³/mol. The first-order valence-corrected chi connectivity index (χ1v) is 11.6. The number of amides is 2. The molecule has 0 unspecified atom stereocenters. The number of rotatable bonds is 10. The molecule has 0 atom stereocenters. The van der Waals surface area contributed by atoms with Crippen LogP contribution >= 0.6 is 12.2 Å². The Labute approximate surface area is 209 Å². The molecule has 7 nitrogen and oxygen atoms in total. The van der Waals surface area contributed by atoms with Gasteiger partial charge in [-0.05, 0) is 41.5 Å². The van der Waals surface area contributed by atoms with Crippen molar-refractivity contribution in [1.29, 1.82) is 0 Å². The van der Waals surface area contributed by atoms with Gasteiger partial charge in [0.05, 0.1) is 19.4 Å². The van der Waals surface area contributed by atoms with Gasteiger partial charge in [0.15, 0.2) is 5.11 Å². The summed E-state index contributed by atoms with van der Waals surface area (Å²) in [6, 6.07) is 26.2. The van der Waals surface area contributed by atoms with Crippen LogP contribution in [0.25, 0.3) is 0 Å². The summed E-state index contributed by atoms with van der Waals surface area (Å²) in [5.74, 6) is -0.969. The average Bonchev–Trinajstić information content (AvgIpc) is 2.84. The number of thiocarbonyl (C=S) groups is 1. The Morgan fingerprint density at radius 2 is 1.34 bits per heavy atom. The van der Waals surface area contributed by atoms with Gasteiger partial charge in [-0.25, -0.2) is 0 Å². The lowest BCUT2D eigenvalue weighted by Crippen LogP contribution is -2.34. The number of ether oxygens (including phenoxy) is 1. The van der Waals surface area contributed by atoms with E-state index in [0.29, 0.717) is 17.8 Å². The molecule has 0 saturated carbocycles. The van der Waals surface area contributed by atoms with E-state index in [1.54, 1.807) is 24.3 Å². The van der Waals surface area contributed by atoms with Crippen LogP contribution in [0.2, 0.25) is 0 Å². The first kappa shape index (κ1) is 25.6. The van der Waals surface area contributed by atoms with Crippen LogP contribution < -0.4 is 16.0 Å². The molecule has 3 aromatic rings. The lowest BCUT2D eigenvalue weighted by molar-refractivity contribution is -0.144. The van der Waals surface area contributed by atoms with E-state index >= 15 is 0 Å². The highest BCUT2D eigenvalue weighted by molar-refractivity contribution is 7.80. The van der Waals surface area contributed by atoms with Crippen LogP contribution in [0.3, 0.4) is 0 Å². The quantitative estimate of drug-likeness (QED) is 0.291. The van der Waals surface area contributed by atoms with Crippen molar-refractivity contribution in [1.82, 2.24) is 5.32 Å². The maximum atomic E-state index is 12.3. The van der Waals surface area contributed by atoms with Gasteiger partial charge in [0.1, 0.15) is 0 Å². The number of hydrogen-bond donors (Lipinski definition) is 3. The molecule has 3 aromatic carbocycles. The number of hydrogen-bond acceptors (Lipinski definition) is 5. The average molecular weight is 490 g/mol. The fourth-order valence-electron chi connectivity index (χ4n) is 3.23. The third-order valence-corrected chi connectivity index (χ3v) is 5.12. The zero-order chi connectivity index (χ0) is 24.9. The number of carbonyl (C=O) groups excluding carboxylic acids is 3. The van der Waals surface area contributed by atoms with Gasteiger partial charge in [0.25, 0.3) is 0 Å². The fourth-order valence-corrected chi connectivity index (χ4v) is 3.46. The monoisotopic (exact) mass is 489 g/mol. The van der Waals surface area contributed by atoms with Gasteiger partial charge in [0, 0.05) is 24.2 Å². The Kier molecular flexibility index (Phi) is 9.95. The summed E-state index contributed by atoms with van der Waals surface area (Å²) < 4.78 is 5.18. The highest BCUT2D eigenvalue weighted by Crippen LogP contribution is 2.15. The molecule has 0 heterocycles. The summed E-state index contributed by atoms with van der Waals surface area (Å²) in [5, 5.41) is 8.39. The van der Waals surface area contributed by atoms with Crippen molar-refractivity contribution in [3.8, 4) is 0 Å². The molecule has 3 N–H and O–H groups in total. The summed E-state index contributed by atoms with van der Waals surface area (Å²) in [6.45, 7) is 0.267. The standard InChI is InChI=1S/C27H27N3O4S/c31-24(14-15-26(33)34-17-16-20-8-3-1-4-9-20)30-27(35)29-23-13-7-12-22(19-23)28-25(32)18-21-10-5-2-6-11-21/h1-13,19H,14-18H2,(H,28,32)(H2,29,30,31,35). The van der Waals surface area contributed by atoms with E-state index in [9.17, 15) is 14.4 Å². The second-order valence-electron chi connectivity index (χ2n) is 7.75. The minimum atomic E-state index is -0.436. The van der Waals surface area contributed by atoms with Crippen molar-refractivity contribution in [2.75, 3.05) is 17.2 Å². The molecule has 0 aliphatic rings. The zero-order valence-electron chi connectivity index (χ0n) is 19.2. The molecule has 0 spiro atoms. The van der Waals surface area contributed by atoms with E-state index in [1.807, 2.05) is 60.7 Å². The van der Waals surface area contributed by atoms with Gasteiger partial charge >= 0.3 is 5.97 Å². The van der Waals surface area contributed by atoms with Crippen molar-refractivity contribution in [3.05, 3.63) is 96.1 Å². The van der Waals surface area contributed by atoms with E-state index in [0.717, 1.165) is 11.1 Å². The van der Waals surface area contributed by atoms with Crippen LogP contribution in [0.15, 0.2) is 84.9 Å². The van der Waals surface area contributed by atoms with Gasteiger partial charge in [-0.15, -0.1) is 0 Å². The number of esters is 1. The molecule has 2 amide bonds. The Balaban J connectivity index is 1.36. The number of anilines is 2. The molecule has 0 radical (unpaired) electrons. The zero-order valence-corrected chi connectivity index (χ0v) is 20.0. The lowest BCUT2D eigenvalue weighted by Gasteiger charge is -2.11. The largest absolute Gasteiger partial charge is 0.465 e. The Morgan fingerprint density at radius 3 is 2.03 bits per heavy atom. The van der Waals surface area contributed by atoms with Crippen molar-refractivity contribution in [2.24, 2.45) is 0 Å². The third-order valence-electron chi connectivity index (χ3n) is 4.92. The predicted octanol–water partition coefficient (Wildman–Crippen LogP) is 4.25. The molecule has 35 heavy (non-hydrogen) atoms. The number of nitrogens with one attached hydrogen (secondary N) is 3. The maximum Gasteiger partial charge on any atom is 0.306 e. The Bertz CT molecular complexity index is 1150. The summed E-state index contributed by atoms with van der Waals surface area (Å²) in [5.41, 5.74) is 3.20. The number of carbonyl (C=O) groups is 3. The molecule has 0 fully saturated rings. The molecular weight excluding hydrogens is 462 g/mol. The molecule has 0 aliphatic carbocycles. The first-order chi connectivity index (χ1) is 17.0. The molecular formula is C27H27N3O4S. The molecule has 180 valence electrons. The number of benzene rings is 3. The van der Waals surface area contributed by atoms with Crippen molar-refractivity contribution < 1.29 is 19.1 Å². The molecule has 0 aliphatic heterocycles. The molecule has 8 heteroatoms. The van der Waals surface area contributed by atoms with Crippen LogP contribution in [0.5, 0.6) is 0 Å². The second kappa shape index (κ2) is 13.6. The fraction of sp³-hybridized carbons (Fsp3) is 0.185. The van der Waals surface area contributed by atoms with Gasteiger partial charge in [-0.2, -0.15) is 0 Å². The van der Waals surface area contributed by atoms with Crippen molar-refractivity contribution in [2.45, 2.75) is 25.7 Å². The first-order valence-electron chi connectivity index (χ1n) is 11.2. The van der Waals surface area contributed by atoms with Gasteiger partial charge in [-0.3, -0.25) is 14.4 Å². The van der Waals surface area contributed by atoms with Gasteiger partial charge in [-0.1, -0.05) is 66.7 Å². The van der Waals surface area contributed by atoms with E-state index in [1.165, 1.54) is 0 Å². The van der Waals surface area contributed by atoms with Crippen LogP contribution in [0.1, 0.15) is 24.0 Å². The highest BCUT2D eigenvalue weighted by atomic mass is 32.1. The van der Waals surface area contributed by atoms with Crippen LogP contribution in [-0.4, -0.2) is 29.5 Å². The minimum absolute atomic E-state index is 0.0355. The second-order valence-corrected chi connectivity index (χ2v) is 8.16. The maximum absolute atomic E-state index is 12.3. The Hall–Kier alpha value is -4.04. The summed E-state index contributed by atoms with van der Waals surface area (Å²) in [7, 11) is 0. The lowest BCUT2D eigenvalue weighted by atomic mass is 10.1. The van der Waals surface area contributed by atoms with Gasteiger partial charge < -0.3 is 20.7 Å². The van der Waals surface area contributed by atoms with E-state index < -0.39 is 11.9 Å². The smallest absolute Gasteiger partial charge is 0.306 e. The van der Waals surface area contributed by atoms with E-state index in [2.05, 4.69) is 16.0 Å². The van der Waals surface area contributed by atoms with Crippen molar-refractivity contribution in [3.63, 3.8) is 0 Å².